The van der Waals surface area contributed by atoms with Gasteiger partial charge in [-0.25, -0.2) is 9.78 Å². The number of esters is 1. The van der Waals surface area contributed by atoms with E-state index >= 15 is 0 Å². The zero-order chi connectivity index (χ0) is 22.0. The van der Waals surface area contributed by atoms with Crippen molar-refractivity contribution in [3.8, 4) is 23.0 Å². The second-order valence-electron chi connectivity index (χ2n) is 6.52. The number of rotatable bonds is 5. The van der Waals surface area contributed by atoms with Gasteiger partial charge >= 0.3 is 5.97 Å². The van der Waals surface area contributed by atoms with Gasteiger partial charge in [0.15, 0.2) is 5.58 Å². The van der Waals surface area contributed by atoms with E-state index in [1.54, 1.807) is 48.5 Å². The Kier molecular flexibility index (Phi) is 5.28. The fourth-order valence-electron chi connectivity index (χ4n) is 3.19. The molecule has 4 rings (SSSR count). The first-order chi connectivity index (χ1) is 15.0. The van der Waals surface area contributed by atoms with Gasteiger partial charge in [-0.2, -0.15) is 0 Å². The summed E-state index contributed by atoms with van der Waals surface area (Å²) in [6.07, 6.45) is 0. The number of fused-ring (bicyclic) bond motifs is 1. The largest absolute Gasteiger partial charge is 0.507 e. The molecule has 4 aromatic rings. The average Bonchev–Trinajstić information content (AvgIpc) is 3.23. The van der Waals surface area contributed by atoms with E-state index in [2.05, 4.69) is 10.3 Å². The lowest BCUT2D eigenvalue weighted by molar-refractivity contribution is 0.0602. The Hall–Kier alpha value is -4.33. The van der Waals surface area contributed by atoms with Crippen molar-refractivity contribution in [2.75, 3.05) is 19.5 Å². The highest BCUT2D eigenvalue weighted by Crippen LogP contribution is 2.37. The normalized spacial score (nSPS) is 10.6. The van der Waals surface area contributed by atoms with E-state index in [1.165, 1.54) is 26.4 Å². The Morgan fingerprint density at radius 1 is 0.968 bits per heavy atom. The fourth-order valence-corrected chi connectivity index (χ4v) is 3.19. The first-order valence-corrected chi connectivity index (χ1v) is 9.28. The molecular formula is C23H18N2O6. The van der Waals surface area contributed by atoms with Gasteiger partial charge in [-0.15, -0.1) is 0 Å². The van der Waals surface area contributed by atoms with Crippen LogP contribution in [0.25, 0.3) is 22.6 Å². The van der Waals surface area contributed by atoms with Gasteiger partial charge in [0.05, 0.1) is 36.6 Å². The number of hydrogen-bond acceptors (Lipinski definition) is 7. The van der Waals surface area contributed by atoms with Crippen LogP contribution in [0, 0.1) is 0 Å². The zero-order valence-electron chi connectivity index (χ0n) is 16.7. The molecule has 1 amide bonds. The number of carbonyl (C=O) groups excluding carboxylic acids is 2. The van der Waals surface area contributed by atoms with Gasteiger partial charge in [0, 0.05) is 0 Å². The van der Waals surface area contributed by atoms with Crippen LogP contribution in [-0.4, -0.2) is 36.2 Å². The Balaban J connectivity index is 1.82. The summed E-state index contributed by atoms with van der Waals surface area (Å²) in [6, 6.07) is 16.2. The van der Waals surface area contributed by atoms with Crippen LogP contribution in [0.2, 0.25) is 0 Å². The third-order valence-corrected chi connectivity index (χ3v) is 4.69. The molecule has 0 bridgehead atoms. The van der Waals surface area contributed by atoms with Crippen LogP contribution in [-0.2, 0) is 4.74 Å². The predicted molar refractivity (Wildman–Crippen MR) is 113 cm³/mol. The van der Waals surface area contributed by atoms with Crippen molar-refractivity contribution in [1.82, 2.24) is 4.98 Å². The molecule has 31 heavy (non-hydrogen) atoms. The van der Waals surface area contributed by atoms with E-state index in [4.69, 9.17) is 13.9 Å². The molecule has 0 aliphatic heterocycles. The van der Waals surface area contributed by atoms with Gasteiger partial charge in [0.2, 0.25) is 5.89 Å². The number of phenols is 1. The molecule has 0 atom stereocenters. The van der Waals surface area contributed by atoms with Crippen LogP contribution in [0.4, 0.5) is 5.69 Å². The van der Waals surface area contributed by atoms with Crippen LogP contribution in [0.5, 0.6) is 11.5 Å². The van der Waals surface area contributed by atoms with Crippen molar-refractivity contribution in [1.29, 1.82) is 0 Å². The second-order valence-corrected chi connectivity index (χ2v) is 6.52. The maximum atomic E-state index is 12.8. The number of nitrogens with one attached hydrogen (secondary N) is 1. The third kappa shape index (κ3) is 3.66. The molecule has 0 spiro atoms. The smallest absolute Gasteiger partial charge is 0.340 e. The molecule has 2 N–H and O–H groups in total. The topological polar surface area (TPSA) is 111 Å². The van der Waals surface area contributed by atoms with E-state index in [1.807, 2.05) is 0 Å². The summed E-state index contributed by atoms with van der Waals surface area (Å²) < 4.78 is 16.1. The van der Waals surface area contributed by atoms with Gasteiger partial charge in [0.25, 0.3) is 5.91 Å². The minimum absolute atomic E-state index is 0.102. The van der Waals surface area contributed by atoms with E-state index in [0.29, 0.717) is 28.1 Å². The minimum atomic E-state index is -0.538. The number of para-hydroxylation sites is 3. The van der Waals surface area contributed by atoms with Gasteiger partial charge in [-0.1, -0.05) is 24.3 Å². The van der Waals surface area contributed by atoms with Gasteiger partial charge < -0.3 is 24.3 Å². The number of carbonyl (C=O) groups is 2. The summed E-state index contributed by atoms with van der Waals surface area (Å²) >= 11 is 0. The SMILES string of the molecule is COC(=O)c1cccc2oc(-c3cccc(OC)c3NC(=O)c3ccccc3O)nc12. The number of hydrogen-bond donors (Lipinski definition) is 2. The molecule has 0 aliphatic carbocycles. The van der Waals surface area contributed by atoms with Gasteiger partial charge in [0.1, 0.15) is 17.0 Å². The summed E-state index contributed by atoms with van der Waals surface area (Å²) in [4.78, 5) is 29.3. The van der Waals surface area contributed by atoms with Crippen LogP contribution < -0.4 is 10.1 Å². The number of amides is 1. The Morgan fingerprint density at radius 3 is 2.45 bits per heavy atom. The minimum Gasteiger partial charge on any atom is -0.507 e. The molecule has 1 heterocycles. The second kappa shape index (κ2) is 8.19. The Morgan fingerprint density at radius 2 is 1.71 bits per heavy atom. The maximum Gasteiger partial charge on any atom is 0.340 e. The number of aromatic nitrogens is 1. The van der Waals surface area contributed by atoms with Crippen molar-refractivity contribution >= 4 is 28.7 Å². The molecule has 0 radical (unpaired) electrons. The van der Waals surface area contributed by atoms with Crippen molar-refractivity contribution in [3.05, 3.63) is 71.8 Å². The van der Waals surface area contributed by atoms with Gasteiger partial charge in [-0.3, -0.25) is 4.79 Å². The molecule has 156 valence electrons. The first kappa shape index (κ1) is 20.0. The average molecular weight is 418 g/mol. The molecule has 0 saturated heterocycles. The van der Waals surface area contributed by atoms with Crippen LogP contribution in [0.15, 0.2) is 65.1 Å². The number of methoxy groups -OCH3 is 2. The van der Waals surface area contributed by atoms with E-state index < -0.39 is 11.9 Å². The van der Waals surface area contributed by atoms with E-state index in [-0.39, 0.29) is 22.8 Å². The summed E-state index contributed by atoms with van der Waals surface area (Å²) in [5.41, 5.74) is 1.84. The first-order valence-electron chi connectivity index (χ1n) is 9.28. The molecule has 0 unspecified atom stereocenters. The fraction of sp³-hybridized carbons (Fsp3) is 0.0870. The van der Waals surface area contributed by atoms with Crippen LogP contribution in [0.3, 0.4) is 0 Å². The summed E-state index contributed by atoms with van der Waals surface area (Å²) in [5.74, 6) is -0.671. The van der Waals surface area contributed by atoms with Crippen LogP contribution >= 0.6 is 0 Å². The number of phenolic OH excluding ortho intramolecular Hbond substituents is 1. The number of oxazole rings is 1. The monoisotopic (exact) mass is 418 g/mol. The molecular weight excluding hydrogens is 400 g/mol. The maximum absolute atomic E-state index is 12.8. The standard InChI is InChI=1S/C23H18N2O6/c1-29-17-11-5-8-14(19(17)24-21(27)13-7-3-4-10-16(13)26)22-25-20-15(23(28)30-2)9-6-12-18(20)31-22/h3-12,26H,1-2H3,(H,24,27). The van der Waals surface area contributed by atoms with Crippen molar-refractivity contribution in [2.45, 2.75) is 0 Å². The van der Waals surface area contributed by atoms with E-state index in [9.17, 15) is 14.7 Å². The molecule has 0 fully saturated rings. The number of benzene rings is 3. The number of nitrogens with zero attached hydrogens (tertiary/aromatic N) is 1. The lowest BCUT2D eigenvalue weighted by Gasteiger charge is -2.13. The number of anilines is 1. The molecule has 1 aromatic heterocycles. The highest BCUT2D eigenvalue weighted by Gasteiger charge is 2.22. The quantitative estimate of drug-likeness (QED) is 0.466. The third-order valence-electron chi connectivity index (χ3n) is 4.69. The zero-order valence-corrected chi connectivity index (χ0v) is 16.7. The van der Waals surface area contributed by atoms with E-state index in [0.717, 1.165) is 0 Å². The molecule has 0 aliphatic rings. The van der Waals surface area contributed by atoms with Crippen molar-refractivity contribution in [2.24, 2.45) is 0 Å². The molecule has 0 saturated carbocycles. The number of ether oxygens (including phenoxy) is 2. The predicted octanol–water partition coefficient (Wildman–Crippen LogP) is 4.25. The highest BCUT2D eigenvalue weighted by atomic mass is 16.5. The lowest BCUT2D eigenvalue weighted by atomic mass is 10.1. The van der Waals surface area contributed by atoms with Crippen molar-refractivity contribution < 1.29 is 28.6 Å². The molecule has 8 nitrogen and oxygen atoms in total. The summed E-state index contributed by atoms with van der Waals surface area (Å²) in [5, 5.41) is 12.8. The molecule has 3 aromatic carbocycles. The van der Waals surface area contributed by atoms with Crippen LogP contribution in [0.1, 0.15) is 20.7 Å². The lowest BCUT2D eigenvalue weighted by Crippen LogP contribution is -2.13. The van der Waals surface area contributed by atoms with Gasteiger partial charge in [-0.05, 0) is 36.4 Å². The van der Waals surface area contributed by atoms with Crippen molar-refractivity contribution in [3.63, 3.8) is 0 Å². The number of aromatic hydroxyl groups is 1. The Bertz CT molecular complexity index is 1290. The Labute approximate surface area is 177 Å². The summed E-state index contributed by atoms with van der Waals surface area (Å²) in [6.45, 7) is 0. The highest BCUT2D eigenvalue weighted by molar-refractivity contribution is 6.09. The summed E-state index contributed by atoms with van der Waals surface area (Å²) in [7, 11) is 2.76. The molecule has 8 heteroatoms.